The fourth-order valence-electron chi connectivity index (χ4n) is 4.01. The number of likely N-dealkylation sites (tertiary alicyclic amines) is 1. The molecule has 7 nitrogen and oxygen atoms in total. The Morgan fingerprint density at radius 1 is 1.31 bits per heavy atom. The van der Waals surface area contributed by atoms with Crippen LogP contribution >= 0.6 is 0 Å². The SMILES string of the molecule is C#CCCC1(CCC(=O)N2CCC3(CC2)COC(CC(=O)OC)C3)N=N1. The largest absolute Gasteiger partial charge is 0.469 e. The van der Waals surface area contributed by atoms with Gasteiger partial charge in [0.15, 0.2) is 5.66 Å². The highest BCUT2D eigenvalue weighted by Crippen LogP contribution is 2.43. The van der Waals surface area contributed by atoms with E-state index in [1.165, 1.54) is 7.11 Å². The number of piperidine rings is 1. The van der Waals surface area contributed by atoms with Gasteiger partial charge in [-0.3, -0.25) is 9.59 Å². The number of amides is 1. The van der Waals surface area contributed by atoms with Crippen molar-refractivity contribution in [2.75, 3.05) is 26.8 Å². The monoisotopic (exact) mass is 361 g/mol. The van der Waals surface area contributed by atoms with Crippen molar-refractivity contribution in [3.8, 4) is 12.3 Å². The number of carbonyl (C=O) groups excluding carboxylic acids is 2. The lowest BCUT2D eigenvalue weighted by atomic mass is 9.76. The van der Waals surface area contributed by atoms with Crippen LogP contribution in [0, 0.1) is 17.8 Å². The highest BCUT2D eigenvalue weighted by molar-refractivity contribution is 5.76. The molecule has 1 amide bonds. The van der Waals surface area contributed by atoms with Gasteiger partial charge in [-0.05, 0) is 24.7 Å². The maximum Gasteiger partial charge on any atom is 0.308 e. The number of rotatable bonds is 7. The molecule has 7 heteroatoms. The molecule has 1 spiro atoms. The summed E-state index contributed by atoms with van der Waals surface area (Å²) in [5.41, 5.74) is -0.288. The highest BCUT2D eigenvalue weighted by Gasteiger charge is 2.44. The number of ether oxygens (including phenoxy) is 2. The van der Waals surface area contributed by atoms with E-state index in [0.29, 0.717) is 32.3 Å². The average Bonchev–Trinajstić information content (AvgIpc) is 3.34. The van der Waals surface area contributed by atoms with Crippen molar-refractivity contribution in [1.82, 2.24) is 4.90 Å². The maximum atomic E-state index is 12.5. The van der Waals surface area contributed by atoms with Crippen LogP contribution in [0.4, 0.5) is 0 Å². The van der Waals surface area contributed by atoms with E-state index in [0.717, 1.165) is 38.8 Å². The summed E-state index contributed by atoms with van der Waals surface area (Å²) in [6.45, 7) is 2.17. The van der Waals surface area contributed by atoms with Gasteiger partial charge in [-0.15, -0.1) is 12.3 Å². The molecule has 1 atom stereocenters. The molecule has 26 heavy (non-hydrogen) atoms. The molecule has 0 radical (unpaired) electrons. The Hall–Kier alpha value is -1.94. The predicted octanol–water partition coefficient (Wildman–Crippen LogP) is 2.30. The van der Waals surface area contributed by atoms with Gasteiger partial charge in [0, 0.05) is 38.8 Å². The van der Waals surface area contributed by atoms with Gasteiger partial charge >= 0.3 is 5.97 Å². The van der Waals surface area contributed by atoms with Crippen LogP contribution in [-0.4, -0.2) is 55.3 Å². The van der Waals surface area contributed by atoms with E-state index < -0.39 is 0 Å². The minimum atomic E-state index is -0.389. The Balaban J connectivity index is 1.40. The molecule has 3 rings (SSSR count). The molecule has 2 saturated heterocycles. The van der Waals surface area contributed by atoms with Gasteiger partial charge < -0.3 is 14.4 Å². The first-order valence-electron chi connectivity index (χ1n) is 9.34. The fraction of sp³-hybridized carbons (Fsp3) is 0.789. The third-order valence-corrected chi connectivity index (χ3v) is 5.88. The summed E-state index contributed by atoms with van der Waals surface area (Å²) in [7, 11) is 1.40. The minimum Gasteiger partial charge on any atom is -0.469 e. The summed E-state index contributed by atoms with van der Waals surface area (Å²) >= 11 is 0. The van der Waals surface area contributed by atoms with Gasteiger partial charge in [0.1, 0.15) is 0 Å². The number of terminal acetylenes is 1. The topological polar surface area (TPSA) is 80.6 Å². The van der Waals surface area contributed by atoms with E-state index in [9.17, 15) is 9.59 Å². The summed E-state index contributed by atoms with van der Waals surface area (Å²) in [5, 5.41) is 8.18. The fourth-order valence-corrected chi connectivity index (χ4v) is 4.01. The molecular weight excluding hydrogens is 334 g/mol. The Morgan fingerprint density at radius 2 is 2.04 bits per heavy atom. The zero-order valence-electron chi connectivity index (χ0n) is 15.4. The van der Waals surface area contributed by atoms with Crippen molar-refractivity contribution in [3.05, 3.63) is 0 Å². The van der Waals surface area contributed by atoms with Crippen LogP contribution < -0.4 is 0 Å². The molecule has 0 aromatic carbocycles. The number of hydrogen-bond acceptors (Lipinski definition) is 6. The Morgan fingerprint density at radius 3 is 2.65 bits per heavy atom. The normalized spacial score (nSPS) is 25.1. The van der Waals surface area contributed by atoms with E-state index in [1.54, 1.807) is 0 Å². The molecule has 0 aliphatic carbocycles. The van der Waals surface area contributed by atoms with Crippen molar-refractivity contribution in [2.24, 2.45) is 15.6 Å². The lowest BCUT2D eigenvalue weighted by Gasteiger charge is -2.38. The molecule has 142 valence electrons. The van der Waals surface area contributed by atoms with Gasteiger partial charge in [0.2, 0.25) is 5.91 Å². The summed E-state index contributed by atoms with van der Waals surface area (Å²) in [4.78, 5) is 25.9. The first-order valence-corrected chi connectivity index (χ1v) is 9.34. The van der Waals surface area contributed by atoms with E-state index >= 15 is 0 Å². The van der Waals surface area contributed by atoms with E-state index in [1.807, 2.05) is 4.90 Å². The third kappa shape index (κ3) is 4.42. The molecule has 0 aromatic heterocycles. The lowest BCUT2D eigenvalue weighted by Crippen LogP contribution is -2.43. The predicted molar refractivity (Wildman–Crippen MR) is 94.1 cm³/mol. The first-order chi connectivity index (χ1) is 12.5. The highest BCUT2D eigenvalue weighted by atomic mass is 16.5. The summed E-state index contributed by atoms with van der Waals surface area (Å²) in [5.74, 6) is 2.55. The summed E-state index contributed by atoms with van der Waals surface area (Å²) < 4.78 is 10.5. The van der Waals surface area contributed by atoms with Crippen molar-refractivity contribution in [3.63, 3.8) is 0 Å². The van der Waals surface area contributed by atoms with Crippen LogP contribution in [0.2, 0.25) is 0 Å². The minimum absolute atomic E-state index is 0.0567. The second-order valence-corrected chi connectivity index (χ2v) is 7.68. The van der Waals surface area contributed by atoms with Gasteiger partial charge in [-0.1, -0.05) is 0 Å². The number of nitrogens with zero attached hydrogens (tertiary/aromatic N) is 3. The number of methoxy groups -OCH3 is 1. The number of carbonyl (C=O) groups is 2. The molecule has 2 fully saturated rings. The Kier molecular flexibility index (Phi) is 5.61. The van der Waals surface area contributed by atoms with Gasteiger partial charge in [0.05, 0.1) is 26.2 Å². The van der Waals surface area contributed by atoms with E-state index in [-0.39, 0.29) is 29.1 Å². The molecule has 0 aromatic rings. The zero-order valence-corrected chi connectivity index (χ0v) is 15.4. The van der Waals surface area contributed by atoms with Crippen LogP contribution in [0.3, 0.4) is 0 Å². The van der Waals surface area contributed by atoms with Crippen LogP contribution in [0.1, 0.15) is 51.4 Å². The Labute approximate surface area is 154 Å². The van der Waals surface area contributed by atoms with Gasteiger partial charge in [-0.2, -0.15) is 10.2 Å². The molecule has 3 aliphatic rings. The molecule has 0 N–H and O–H groups in total. The smallest absolute Gasteiger partial charge is 0.308 e. The van der Waals surface area contributed by atoms with Crippen molar-refractivity contribution in [1.29, 1.82) is 0 Å². The molecule has 0 saturated carbocycles. The van der Waals surface area contributed by atoms with Crippen molar-refractivity contribution < 1.29 is 19.1 Å². The van der Waals surface area contributed by atoms with Crippen LogP contribution in [0.15, 0.2) is 10.2 Å². The van der Waals surface area contributed by atoms with Crippen molar-refractivity contribution in [2.45, 2.75) is 63.1 Å². The van der Waals surface area contributed by atoms with E-state index in [4.69, 9.17) is 15.9 Å². The van der Waals surface area contributed by atoms with Crippen LogP contribution in [0.5, 0.6) is 0 Å². The zero-order chi connectivity index (χ0) is 18.6. The summed E-state index contributed by atoms with van der Waals surface area (Å²) in [6.07, 6.45) is 10.8. The second kappa shape index (κ2) is 7.75. The first kappa shape index (κ1) is 18.8. The molecule has 3 heterocycles. The van der Waals surface area contributed by atoms with Gasteiger partial charge in [-0.25, -0.2) is 0 Å². The standard InChI is InChI=1S/C19H27N3O4/c1-3-4-6-19(20-21-19)7-5-16(23)22-10-8-18(9-11-22)13-15(26-14-18)12-17(24)25-2/h1,15H,4-14H2,2H3. The molecular formula is C19H27N3O4. The molecule has 0 bridgehead atoms. The van der Waals surface area contributed by atoms with Crippen LogP contribution in [0.25, 0.3) is 0 Å². The van der Waals surface area contributed by atoms with Crippen molar-refractivity contribution >= 4 is 11.9 Å². The van der Waals surface area contributed by atoms with Gasteiger partial charge in [0.25, 0.3) is 0 Å². The average molecular weight is 361 g/mol. The Bertz CT molecular complexity index is 611. The second-order valence-electron chi connectivity index (χ2n) is 7.68. The maximum absolute atomic E-state index is 12.5. The number of esters is 1. The molecule has 3 aliphatic heterocycles. The third-order valence-electron chi connectivity index (χ3n) is 5.88. The molecule has 1 unspecified atom stereocenters. The number of hydrogen-bond donors (Lipinski definition) is 0. The van der Waals surface area contributed by atoms with E-state index in [2.05, 4.69) is 16.1 Å². The quantitative estimate of drug-likeness (QED) is 0.515. The lowest BCUT2D eigenvalue weighted by molar-refractivity contribution is -0.143. The summed E-state index contributed by atoms with van der Waals surface area (Å²) in [6, 6.07) is 0. The van der Waals surface area contributed by atoms with Crippen LogP contribution in [-0.2, 0) is 19.1 Å².